The maximum atomic E-state index is 5.59. The zero-order chi connectivity index (χ0) is 13.7. The van der Waals surface area contributed by atoms with Gasteiger partial charge in [-0.2, -0.15) is 0 Å². The van der Waals surface area contributed by atoms with Crippen molar-refractivity contribution in [2.45, 2.75) is 13.0 Å². The van der Waals surface area contributed by atoms with Crippen LogP contribution in [0.15, 0.2) is 41.4 Å². The van der Waals surface area contributed by atoms with Gasteiger partial charge in [-0.05, 0) is 40.5 Å². The first-order valence-electron chi connectivity index (χ1n) is 5.96. The lowest BCUT2D eigenvalue weighted by Crippen LogP contribution is -2.10. The molecule has 2 rings (SSSR count). The molecule has 19 heavy (non-hydrogen) atoms. The minimum Gasteiger partial charge on any atom is -0.389 e. The zero-order valence-electron chi connectivity index (χ0n) is 10.3. The molecular formula is C13H15BrN4S. The minimum atomic E-state index is 0.410. The van der Waals surface area contributed by atoms with Crippen molar-refractivity contribution in [1.82, 2.24) is 9.55 Å². The van der Waals surface area contributed by atoms with E-state index in [0.717, 1.165) is 35.2 Å². The first-order chi connectivity index (χ1) is 9.16. The quantitative estimate of drug-likeness (QED) is 0.628. The number of halogens is 1. The van der Waals surface area contributed by atoms with E-state index in [1.54, 1.807) is 6.20 Å². The third-order valence-corrected chi connectivity index (χ3v) is 3.61. The molecule has 3 N–H and O–H groups in total. The molecule has 0 saturated carbocycles. The summed E-state index contributed by atoms with van der Waals surface area (Å²) in [6.07, 6.45) is 6.61. The average molecular weight is 339 g/mol. The molecule has 1 heterocycles. The SMILES string of the molecule is NC(=S)c1ccc(NCCCn2ccnc2)c(Br)c1. The molecule has 1 aromatic heterocycles. The van der Waals surface area contributed by atoms with Gasteiger partial charge in [-0.25, -0.2) is 4.98 Å². The highest BCUT2D eigenvalue weighted by atomic mass is 79.9. The average Bonchev–Trinajstić information content (AvgIpc) is 2.89. The van der Waals surface area contributed by atoms with Crippen LogP contribution in [0.3, 0.4) is 0 Å². The summed E-state index contributed by atoms with van der Waals surface area (Å²) in [4.78, 5) is 4.42. The summed E-state index contributed by atoms with van der Waals surface area (Å²) < 4.78 is 3.03. The third kappa shape index (κ3) is 4.04. The van der Waals surface area contributed by atoms with Gasteiger partial charge in [0, 0.05) is 41.2 Å². The number of rotatable bonds is 6. The van der Waals surface area contributed by atoms with Crippen LogP contribution in [0.5, 0.6) is 0 Å². The number of nitrogens with zero attached hydrogens (tertiary/aromatic N) is 2. The molecule has 0 radical (unpaired) electrons. The molecule has 0 bridgehead atoms. The molecular weight excluding hydrogens is 324 g/mol. The number of aromatic nitrogens is 2. The third-order valence-electron chi connectivity index (χ3n) is 2.72. The lowest BCUT2D eigenvalue weighted by atomic mass is 10.2. The Kier molecular flexibility index (Phi) is 4.93. The highest BCUT2D eigenvalue weighted by Gasteiger charge is 2.02. The van der Waals surface area contributed by atoms with Crippen LogP contribution in [-0.2, 0) is 6.54 Å². The van der Waals surface area contributed by atoms with Crippen molar-refractivity contribution in [3.63, 3.8) is 0 Å². The van der Waals surface area contributed by atoms with Crippen molar-refractivity contribution < 1.29 is 0 Å². The van der Waals surface area contributed by atoms with Crippen molar-refractivity contribution in [2.24, 2.45) is 5.73 Å². The Balaban J connectivity index is 1.84. The van der Waals surface area contributed by atoms with E-state index in [2.05, 4.69) is 30.8 Å². The summed E-state index contributed by atoms with van der Waals surface area (Å²) in [5.74, 6) is 0. The number of nitrogens with one attached hydrogen (secondary N) is 1. The van der Waals surface area contributed by atoms with Crippen LogP contribution in [-0.4, -0.2) is 21.1 Å². The molecule has 4 nitrogen and oxygen atoms in total. The van der Waals surface area contributed by atoms with Crippen LogP contribution in [0.1, 0.15) is 12.0 Å². The van der Waals surface area contributed by atoms with Gasteiger partial charge in [0.25, 0.3) is 0 Å². The van der Waals surface area contributed by atoms with Gasteiger partial charge in [-0.1, -0.05) is 12.2 Å². The first-order valence-corrected chi connectivity index (χ1v) is 7.16. The summed E-state index contributed by atoms with van der Waals surface area (Å²) >= 11 is 8.46. The highest BCUT2D eigenvalue weighted by molar-refractivity contribution is 9.10. The number of hydrogen-bond acceptors (Lipinski definition) is 3. The molecule has 6 heteroatoms. The Morgan fingerprint density at radius 2 is 2.32 bits per heavy atom. The molecule has 100 valence electrons. The van der Waals surface area contributed by atoms with Gasteiger partial charge < -0.3 is 15.6 Å². The molecule has 0 aliphatic rings. The van der Waals surface area contributed by atoms with Crippen LogP contribution in [0.2, 0.25) is 0 Å². The first kappa shape index (κ1) is 14.0. The molecule has 0 aliphatic carbocycles. The molecule has 0 saturated heterocycles. The second kappa shape index (κ2) is 6.68. The van der Waals surface area contributed by atoms with E-state index in [-0.39, 0.29) is 0 Å². The molecule has 0 aliphatic heterocycles. The van der Waals surface area contributed by atoms with E-state index in [1.807, 2.05) is 30.7 Å². The second-order valence-electron chi connectivity index (χ2n) is 4.14. The summed E-state index contributed by atoms with van der Waals surface area (Å²) in [6.45, 7) is 1.85. The van der Waals surface area contributed by atoms with E-state index >= 15 is 0 Å². The summed E-state index contributed by atoms with van der Waals surface area (Å²) in [6, 6.07) is 5.83. The molecule has 0 amide bonds. The molecule has 0 spiro atoms. The van der Waals surface area contributed by atoms with Gasteiger partial charge in [0.05, 0.1) is 6.33 Å². The molecule has 2 aromatic rings. The second-order valence-corrected chi connectivity index (χ2v) is 5.43. The smallest absolute Gasteiger partial charge is 0.104 e. The maximum absolute atomic E-state index is 5.59. The number of aryl methyl sites for hydroxylation is 1. The Bertz CT molecular complexity index is 554. The summed E-state index contributed by atoms with van der Waals surface area (Å²) in [7, 11) is 0. The standard InChI is InChI=1S/C13H15BrN4S/c14-11-8-10(13(15)19)2-3-12(11)17-4-1-6-18-7-5-16-9-18/h2-3,5,7-9,17H,1,4,6H2,(H2,15,19). The van der Waals surface area contributed by atoms with Crippen LogP contribution in [0.25, 0.3) is 0 Å². The van der Waals surface area contributed by atoms with Gasteiger partial charge in [-0.15, -0.1) is 0 Å². The number of hydrogen-bond donors (Lipinski definition) is 2. The van der Waals surface area contributed by atoms with Crippen molar-refractivity contribution >= 4 is 38.8 Å². The lowest BCUT2D eigenvalue weighted by Gasteiger charge is -2.10. The minimum absolute atomic E-state index is 0.410. The molecule has 0 atom stereocenters. The summed E-state index contributed by atoms with van der Waals surface area (Å²) in [5.41, 5.74) is 7.50. The van der Waals surface area contributed by atoms with E-state index in [4.69, 9.17) is 18.0 Å². The van der Waals surface area contributed by atoms with Crippen LogP contribution >= 0.6 is 28.1 Å². The van der Waals surface area contributed by atoms with Gasteiger partial charge >= 0.3 is 0 Å². The monoisotopic (exact) mass is 338 g/mol. The van der Waals surface area contributed by atoms with Gasteiger partial charge in [0.2, 0.25) is 0 Å². The molecule has 1 aromatic carbocycles. The fraction of sp³-hybridized carbons (Fsp3) is 0.231. The highest BCUT2D eigenvalue weighted by Crippen LogP contribution is 2.23. The Hall–Kier alpha value is -1.40. The van der Waals surface area contributed by atoms with Gasteiger partial charge in [0.15, 0.2) is 0 Å². The predicted octanol–water partition coefficient (Wildman–Crippen LogP) is 2.78. The van der Waals surface area contributed by atoms with Crippen molar-refractivity contribution in [1.29, 1.82) is 0 Å². The molecule has 0 fully saturated rings. The topological polar surface area (TPSA) is 55.9 Å². The Morgan fingerprint density at radius 3 is 2.95 bits per heavy atom. The summed E-state index contributed by atoms with van der Waals surface area (Å²) in [5, 5.41) is 3.38. The number of imidazole rings is 1. The number of anilines is 1. The van der Waals surface area contributed by atoms with Crippen molar-refractivity contribution in [2.75, 3.05) is 11.9 Å². The lowest BCUT2D eigenvalue weighted by molar-refractivity contribution is 0.660. The number of nitrogens with two attached hydrogens (primary N) is 1. The van der Waals surface area contributed by atoms with E-state index in [1.165, 1.54) is 0 Å². The van der Waals surface area contributed by atoms with E-state index in [0.29, 0.717) is 4.99 Å². The fourth-order valence-corrected chi connectivity index (χ4v) is 2.36. The van der Waals surface area contributed by atoms with Crippen molar-refractivity contribution in [3.8, 4) is 0 Å². The van der Waals surface area contributed by atoms with Crippen LogP contribution in [0, 0.1) is 0 Å². The predicted molar refractivity (Wildman–Crippen MR) is 85.4 cm³/mol. The molecule has 0 unspecified atom stereocenters. The van der Waals surface area contributed by atoms with Gasteiger partial charge in [-0.3, -0.25) is 0 Å². The Labute approximate surface area is 126 Å². The Morgan fingerprint density at radius 1 is 1.47 bits per heavy atom. The van der Waals surface area contributed by atoms with Crippen molar-refractivity contribution in [3.05, 3.63) is 47.0 Å². The maximum Gasteiger partial charge on any atom is 0.104 e. The van der Waals surface area contributed by atoms with Crippen LogP contribution < -0.4 is 11.1 Å². The van der Waals surface area contributed by atoms with E-state index in [9.17, 15) is 0 Å². The van der Waals surface area contributed by atoms with E-state index < -0.39 is 0 Å². The number of benzene rings is 1. The number of thiocarbonyl (C=S) groups is 1. The zero-order valence-corrected chi connectivity index (χ0v) is 12.7. The fourth-order valence-electron chi connectivity index (χ4n) is 1.72. The van der Waals surface area contributed by atoms with Gasteiger partial charge in [0.1, 0.15) is 4.99 Å². The normalized spacial score (nSPS) is 10.4. The van der Waals surface area contributed by atoms with Crippen LogP contribution in [0.4, 0.5) is 5.69 Å². The largest absolute Gasteiger partial charge is 0.389 e.